The second-order valence-corrected chi connectivity index (χ2v) is 8.34. The van der Waals surface area contributed by atoms with Crippen LogP contribution in [-0.4, -0.2) is 25.5 Å². The van der Waals surface area contributed by atoms with Crippen molar-refractivity contribution < 1.29 is 14.3 Å². The van der Waals surface area contributed by atoms with E-state index in [2.05, 4.69) is 40.2 Å². The SMILES string of the molecule is COc1ccc(NC(=O)c2ccc(NC(=O)CNC(Cc3ccccc3)c3ccccc3)cc2)cc1. The van der Waals surface area contributed by atoms with Crippen LogP contribution in [0.1, 0.15) is 27.5 Å². The molecule has 0 aliphatic carbocycles. The number of methoxy groups -OCH3 is 1. The third-order valence-electron chi connectivity index (χ3n) is 5.77. The van der Waals surface area contributed by atoms with Crippen LogP contribution in [0, 0.1) is 0 Å². The topological polar surface area (TPSA) is 79.5 Å². The Bertz CT molecular complexity index is 1260. The Morgan fingerprint density at radius 1 is 0.722 bits per heavy atom. The van der Waals surface area contributed by atoms with E-state index in [1.54, 1.807) is 55.6 Å². The maximum atomic E-state index is 12.6. The molecule has 0 saturated heterocycles. The van der Waals surface area contributed by atoms with E-state index >= 15 is 0 Å². The van der Waals surface area contributed by atoms with Gasteiger partial charge >= 0.3 is 0 Å². The maximum Gasteiger partial charge on any atom is 0.255 e. The summed E-state index contributed by atoms with van der Waals surface area (Å²) in [5.41, 5.74) is 4.12. The second-order valence-electron chi connectivity index (χ2n) is 8.34. The van der Waals surface area contributed by atoms with Crippen molar-refractivity contribution in [2.24, 2.45) is 0 Å². The first kappa shape index (κ1) is 24.7. The molecule has 36 heavy (non-hydrogen) atoms. The van der Waals surface area contributed by atoms with E-state index in [1.165, 1.54) is 5.56 Å². The van der Waals surface area contributed by atoms with Gasteiger partial charge < -0.3 is 20.7 Å². The van der Waals surface area contributed by atoms with E-state index in [9.17, 15) is 9.59 Å². The van der Waals surface area contributed by atoms with Crippen LogP contribution in [0.3, 0.4) is 0 Å². The molecule has 0 aliphatic heterocycles. The Morgan fingerprint density at radius 2 is 1.31 bits per heavy atom. The Kier molecular flexibility index (Phi) is 8.46. The van der Waals surface area contributed by atoms with Gasteiger partial charge in [-0.25, -0.2) is 0 Å². The van der Waals surface area contributed by atoms with E-state index in [4.69, 9.17) is 4.74 Å². The van der Waals surface area contributed by atoms with Crippen molar-refractivity contribution in [3.05, 3.63) is 126 Å². The van der Waals surface area contributed by atoms with Crippen LogP contribution in [0.4, 0.5) is 11.4 Å². The molecule has 0 radical (unpaired) electrons. The summed E-state index contributed by atoms with van der Waals surface area (Å²) in [5, 5.41) is 9.12. The van der Waals surface area contributed by atoms with Crippen molar-refractivity contribution >= 4 is 23.2 Å². The van der Waals surface area contributed by atoms with Crippen LogP contribution < -0.4 is 20.7 Å². The van der Waals surface area contributed by atoms with Gasteiger partial charge in [0.15, 0.2) is 0 Å². The molecule has 4 rings (SSSR count). The lowest BCUT2D eigenvalue weighted by Gasteiger charge is -2.19. The number of anilines is 2. The summed E-state index contributed by atoms with van der Waals surface area (Å²) < 4.78 is 5.13. The van der Waals surface area contributed by atoms with E-state index in [0.29, 0.717) is 16.9 Å². The highest BCUT2D eigenvalue weighted by atomic mass is 16.5. The van der Waals surface area contributed by atoms with Gasteiger partial charge in [-0.1, -0.05) is 60.7 Å². The first-order valence-corrected chi connectivity index (χ1v) is 11.8. The number of nitrogens with one attached hydrogen (secondary N) is 3. The molecule has 3 N–H and O–H groups in total. The summed E-state index contributed by atoms with van der Waals surface area (Å²) in [6.07, 6.45) is 0.774. The van der Waals surface area contributed by atoms with Crippen LogP contribution in [0.25, 0.3) is 0 Å². The Balaban J connectivity index is 1.32. The highest BCUT2D eigenvalue weighted by Crippen LogP contribution is 2.19. The lowest BCUT2D eigenvalue weighted by Crippen LogP contribution is -2.32. The minimum atomic E-state index is -0.230. The first-order valence-electron chi connectivity index (χ1n) is 11.8. The monoisotopic (exact) mass is 479 g/mol. The Labute approximate surface area is 211 Å². The molecule has 4 aromatic carbocycles. The number of hydrogen-bond acceptors (Lipinski definition) is 4. The van der Waals surface area contributed by atoms with Crippen LogP contribution in [-0.2, 0) is 11.2 Å². The van der Waals surface area contributed by atoms with Crippen molar-refractivity contribution in [3.63, 3.8) is 0 Å². The number of amides is 2. The fourth-order valence-electron chi connectivity index (χ4n) is 3.85. The molecular formula is C30H29N3O3. The van der Waals surface area contributed by atoms with Gasteiger partial charge in [0.05, 0.1) is 13.7 Å². The zero-order chi connectivity index (χ0) is 25.2. The number of hydrogen-bond donors (Lipinski definition) is 3. The van der Waals surface area contributed by atoms with Crippen LogP contribution in [0.15, 0.2) is 109 Å². The first-order chi connectivity index (χ1) is 17.6. The van der Waals surface area contributed by atoms with Crippen LogP contribution >= 0.6 is 0 Å². The van der Waals surface area contributed by atoms with Gasteiger partial charge in [-0.3, -0.25) is 9.59 Å². The van der Waals surface area contributed by atoms with Crippen molar-refractivity contribution in [1.29, 1.82) is 0 Å². The molecule has 182 valence electrons. The molecule has 0 heterocycles. The second kappa shape index (κ2) is 12.3. The third-order valence-corrected chi connectivity index (χ3v) is 5.77. The predicted octanol–water partition coefficient (Wildman–Crippen LogP) is 5.46. The molecular weight excluding hydrogens is 450 g/mol. The molecule has 0 aliphatic rings. The number of benzene rings is 4. The largest absolute Gasteiger partial charge is 0.497 e. The molecule has 4 aromatic rings. The molecule has 0 spiro atoms. The summed E-state index contributed by atoms with van der Waals surface area (Å²) in [6, 6.07) is 34.3. The highest BCUT2D eigenvalue weighted by molar-refractivity contribution is 6.04. The van der Waals surface area contributed by atoms with Crippen molar-refractivity contribution in [2.45, 2.75) is 12.5 Å². The normalized spacial score (nSPS) is 11.4. The van der Waals surface area contributed by atoms with Gasteiger partial charge in [0.1, 0.15) is 5.75 Å². The molecule has 6 nitrogen and oxygen atoms in total. The number of carbonyl (C=O) groups is 2. The summed E-state index contributed by atoms with van der Waals surface area (Å²) in [4.78, 5) is 25.2. The molecule has 0 saturated carbocycles. The average Bonchev–Trinajstić information content (AvgIpc) is 2.93. The standard InChI is InChI=1S/C30H29N3O3/c1-36-27-18-16-26(17-19-27)33-30(35)24-12-14-25(15-13-24)32-29(34)21-31-28(23-10-6-3-7-11-23)20-22-8-4-2-5-9-22/h2-19,28,31H,20-21H2,1H3,(H,32,34)(H,33,35). The molecule has 6 heteroatoms. The fourth-order valence-corrected chi connectivity index (χ4v) is 3.85. The predicted molar refractivity (Wildman–Crippen MR) is 143 cm³/mol. The maximum absolute atomic E-state index is 12.6. The van der Waals surface area contributed by atoms with E-state index in [-0.39, 0.29) is 24.4 Å². The van der Waals surface area contributed by atoms with Gasteiger partial charge in [0.25, 0.3) is 5.91 Å². The van der Waals surface area contributed by atoms with Crippen molar-refractivity contribution in [2.75, 3.05) is 24.3 Å². The Morgan fingerprint density at radius 3 is 1.94 bits per heavy atom. The zero-order valence-corrected chi connectivity index (χ0v) is 20.1. The minimum absolute atomic E-state index is 0.00313. The number of ether oxygens (including phenoxy) is 1. The van der Waals surface area contributed by atoms with Crippen molar-refractivity contribution in [3.8, 4) is 5.75 Å². The number of rotatable bonds is 10. The average molecular weight is 480 g/mol. The van der Waals surface area contributed by atoms with Crippen molar-refractivity contribution in [1.82, 2.24) is 5.32 Å². The van der Waals surface area contributed by atoms with Crippen LogP contribution in [0.5, 0.6) is 5.75 Å². The lowest BCUT2D eigenvalue weighted by atomic mass is 9.99. The van der Waals surface area contributed by atoms with Gasteiger partial charge in [0.2, 0.25) is 5.91 Å². The molecule has 0 aromatic heterocycles. The Hall–Kier alpha value is -4.42. The zero-order valence-electron chi connectivity index (χ0n) is 20.1. The summed E-state index contributed by atoms with van der Waals surface area (Å²) in [5.74, 6) is 0.337. The summed E-state index contributed by atoms with van der Waals surface area (Å²) in [6.45, 7) is 0.159. The molecule has 0 bridgehead atoms. The van der Waals surface area contributed by atoms with Gasteiger partial charge in [-0.15, -0.1) is 0 Å². The van der Waals surface area contributed by atoms with Crippen LogP contribution in [0.2, 0.25) is 0 Å². The molecule has 0 fully saturated rings. The van der Waals surface area contributed by atoms with E-state index in [0.717, 1.165) is 17.7 Å². The molecule has 1 atom stereocenters. The van der Waals surface area contributed by atoms with Gasteiger partial charge in [0, 0.05) is 23.0 Å². The quantitative estimate of drug-likeness (QED) is 0.282. The summed E-state index contributed by atoms with van der Waals surface area (Å²) >= 11 is 0. The highest BCUT2D eigenvalue weighted by Gasteiger charge is 2.14. The third kappa shape index (κ3) is 7.04. The van der Waals surface area contributed by atoms with E-state index < -0.39 is 0 Å². The van der Waals surface area contributed by atoms with Gasteiger partial charge in [-0.2, -0.15) is 0 Å². The molecule has 2 amide bonds. The number of carbonyl (C=O) groups excluding carboxylic acids is 2. The van der Waals surface area contributed by atoms with Gasteiger partial charge in [-0.05, 0) is 66.1 Å². The lowest BCUT2D eigenvalue weighted by molar-refractivity contribution is -0.115. The summed E-state index contributed by atoms with van der Waals surface area (Å²) in [7, 11) is 1.59. The fraction of sp³-hybridized carbons (Fsp3) is 0.133. The molecule has 1 unspecified atom stereocenters. The van der Waals surface area contributed by atoms with E-state index in [1.807, 2.05) is 36.4 Å². The minimum Gasteiger partial charge on any atom is -0.497 e. The smallest absolute Gasteiger partial charge is 0.255 e.